The average molecular weight is 444 g/mol. The number of rotatable bonds is 9. The van der Waals surface area contributed by atoms with Gasteiger partial charge in [0, 0.05) is 22.1 Å². The molecule has 0 unspecified atom stereocenters. The van der Waals surface area contributed by atoms with Crippen molar-refractivity contribution >= 4 is 44.8 Å². The van der Waals surface area contributed by atoms with E-state index in [2.05, 4.69) is 10.6 Å². The summed E-state index contributed by atoms with van der Waals surface area (Å²) >= 11 is 0. The van der Waals surface area contributed by atoms with Crippen molar-refractivity contribution in [2.75, 3.05) is 17.2 Å². The Morgan fingerprint density at radius 1 is 0.939 bits per heavy atom. The number of unbranched alkanes of at least 4 members (excludes halogenated alkanes) is 1. The summed E-state index contributed by atoms with van der Waals surface area (Å²) in [6.07, 6.45) is 2.21. The van der Waals surface area contributed by atoms with Crippen LogP contribution in [0.4, 0.5) is 17.1 Å². The second kappa shape index (κ2) is 10.4. The van der Waals surface area contributed by atoms with Crippen molar-refractivity contribution in [1.29, 1.82) is 0 Å². The summed E-state index contributed by atoms with van der Waals surface area (Å²) in [5.74, 6) is -0.257. The molecule has 7 nitrogen and oxygen atoms in total. The standard InChI is InChI=1S/C26H29N5O2/c27-12-6-5-9-22(28)26(33)30-19-14-17(16-32)13-18(15-19)29-25-20-7-1-3-10-23(20)31-24-11-4-2-8-21(24)25/h1-4,7-8,10-11,13-15,22,32H,5-6,9,12,16,27-28H2,(H,29,31)(H,30,33)/t22-/m0/s1. The van der Waals surface area contributed by atoms with Crippen LogP contribution >= 0.6 is 0 Å². The van der Waals surface area contributed by atoms with E-state index in [0.29, 0.717) is 24.2 Å². The molecular formula is C26H29N5O2. The van der Waals surface area contributed by atoms with Gasteiger partial charge in [0.05, 0.1) is 29.4 Å². The molecule has 0 radical (unpaired) electrons. The third-order valence-corrected chi connectivity index (χ3v) is 5.61. The van der Waals surface area contributed by atoms with Gasteiger partial charge >= 0.3 is 0 Å². The zero-order valence-corrected chi connectivity index (χ0v) is 18.4. The molecule has 0 aliphatic rings. The average Bonchev–Trinajstić information content (AvgIpc) is 2.83. The zero-order chi connectivity index (χ0) is 23.2. The molecule has 3 aromatic carbocycles. The number of nitrogens with zero attached hydrogens (tertiary/aromatic N) is 1. The lowest BCUT2D eigenvalue weighted by Crippen LogP contribution is -2.35. The number of fused-ring (bicyclic) bond motifs is 2. The molecule has 0 fully saturated rings. The Bertz CT molecular complexity index is 1220. The van der Waals surface area contributed by atoms with Gasteiger partial charge in [0.25, 0.3) is 0 Å². The van der Waals surface area contributed by atoms with Crippen molar-refractivity contribution in [2.45, 2.75) is 31.9 Å². The van der Waals surface area contributed by atoms with Gasteiger partial charge in [0.1, 0.15) is 0 Å². The number of para-hydroxylation sites is 2. The summed E-state index contributed by atoms with van der Waals surface area (Å²) in [6.45, 7) is 0.430. The van der Waals surface area contributed by atoms with E-state index in [-0.39, 0.29) is 12.5 Å². The molecule has 7 N–H and O–H groups in total. The molecule has 33 heavy (non-hydrogen) atoms. The van der Waals surface area contributed by atoms with Gasteiger partial charge in [0.15, 0.2) is 0 Å². The van der Waals surface area contributed by atoms with Gasteiger partial charge in [-0.15, -0.1) is 0 Å². The summed E-state index contributed by atoms with van der Waals surface area (Å²) in [6, 6.07) is 20.7. The third-order valence-electron chi connectivity index (χ3n) is 5.61. The molecule has 4 rings (SSSR count). The van der Waals surface area contributed by atoms with Crippen LogP contribution in [-0.4, -0.2) is 28.6 Å². The van der Waals surface area contributed by atoms with Crippen molar-refractivity contribution in [3.63, 3.8) is 0 Å². The second-order valence-corrected chi connectivity index (χ2v) is 8.10. The van der Waals surface area contributed by atoms with Gasteiger partial charge in [0.2, 0.25) is 5.91 Å². The minimum Gasteiger partial charge on any atom is -0.392 e. The van der Waals surface area contributed by atoms with Gasteiger partial charge < -0.3 is 27.2 Å². The number of carbonyl (C=O) groups is 1. The van der Waals surface area contributed by atoms with Crippen molar-refractivity contribution in [2.24, 2.45) is 11.5 Å². The van der Waals surface area contributed by atoms with Gasteiger partial charge in [-0.25, -0.2) is 4.98 Å². The van der Waals surface area contributed by atoms with E-state index in [0.717, 1.165) is 46.0 Å². The summed E-state index contributed by atoms with van der Waals surface area (Å²) < 4.78 is 0. The first kappa shape index (κ1) is 22.7. The number of pyridine rings is 1. The minimum atomic E-state index is -0.612. The number of nitrogens with one attached hydrogen (secondary N) is 2. The normalized spacial score (nSPS) is 12.1. The molecule has 0 saturated heterocycles. The topological polar surface area (TPSA) is 126 Å². The van der Waals surface area contributed by atoms with Crippen LogP contribution in [0.1, 0.15) is 24.8 Å². The second-order valence-electron chi connectivity index (χ2n) is 8.10. The highest BCUT2D eigenvalue weighted by atomic mass is 16.3. The molecule has 1 aromatic heterocycles. The van der Waals surface area contributed by atoms with E-state index in [1.807, 2.05) is 60.7 Å². The predicted molar refractivity (Wildman–Crippen MR) is 134 cm³/mol. The van der Waals surface area contributed by atoms with Gasteiger partial charge in [-0.3, -0.25) is 4.79 Å². The Morgan fingerprint density at radius 3 is 2.21 bits per heavy atom. The molecule has 0 saturated carbocycles. The number of hydrogen-bond acceptors (Lipinski definition) is 6. The highest BCUT2D eigenvalue weighted by Crippen LogP contribution is 2.34. The molecule has 1 heterocycles. The van der Waals surface area contributed by atoms with E-state index in [9.17, 15) is 9.90 Å². The Balaban J connectivity index is 1.66. The van der Waals surface area contributed by atoms with Crippen molar-refractivity contribution in [3.8, 4) is 0 Å². The summed E-state index contributed by atoms with van der Waals surface area (Å²) in [7, 11) is 0. The molecule has 0 aliphatic carbocycles. The zero-order valence-electron chi connectivity index (χ0n) is 18.4. The van der Waals surface area contributed by atoms with Crippen LogP contribution < -0.4 is 22.1 Å². The molecule has 7 heteroatoms. The van der Waals surface area contributed by atoms with Crippen molar-refractivity contribution in [3.05, 3.63) is 72.3 Å². The predicted octanol–water partition coefficient (Wildman–Crippen LogP) is 4.02. The maximum Gasteiger partial charge on any atom is 0.241 e. The summed E-state index contributed by atoms with van der Waals surface area (Å²) in [5, 5.41) is 18.2. The number of nitrogens with two attached hydrogens (primary N) is 2. The third kappa shape index (κ3) is 5.28. The van der Waals surface area contributed by atoms with Gasteiger partial charge in [-0.05, 0) is 55.3 Å². The maximum atomic E-state index is 12.6. The fraction of sp³-hybridized carbons (Fsp3) is 0.231. The van der Waals surface area contributed by atoms with Crippen LogP contribution in [0.3, 0.4) is 0 Å². The monoisotopic (exact) mass is 443 g/mol. The quantitative estimate of drug-likeness (QED) is 0.196. The number of aliphatic hydroxyl groups excluding tert-OH is 1. The number of hydrogen-bond donors (Lipinski definition) is 5. The lowest BCUT2D eigenvalue weighted by atomic mass is 10.1. The minimum absolute atomic E-state index is 0.154. The van der Waals surface area contributed by atoms with E-state index in [1.165, 1.54) is 0 Å². The lowest BCUT2D eigenvalue weighted by Gasteiger charge is -2.17. The van der Waals surface area contributed by atoms with Crippen LogP contribution in [0.2, 0.25) is 0 Å². The molecule has 0 spiro atoms. The Labute approximate surface area is 192 Å². The molecular weight excluding hydrogens is 414 g/mol. The SMILES string of the molecule is NCCCC[C@H](N)C(=O)Nc1cc(CO)cc(Nc2c3ccccc3nc3ccccc23)c1. The number of benzene rings is 3. The van der Waals surface area contributed by atoms with Crippen LogP contribution in [0, 0.1) is 0 Å². The smallest absolute Gasteiger partial charge is 0.241 e. The Morgan fingerprint density at radius 2 is 1.58 bits per heavy atom. The highest BCUT2D eigenvalue weighted by Gasteiger charge is 2.15. The van der Waals surface area contributed by atoms with Crippen molar-refractivity contribution < 1.29 is 9.90 Å². The van der Waals surface area contributed by atoms with E-state index in [1.54, 1.807) is 6.07 Å². The van der Waals surface area contributed by atoms with Crippen LogP contribution in [0.15, 0.2) is 66.7 Å². The van der Waals surface area contributed by atoms with E-state index < -0.39 is 6.04 Å². The van der Waals surface area contributed by atoms with Crippen LogP contribution in [0.25, 0.3) is 21.8 Å². The maximum absolute atomic E-state index is 12.6. The fourth-order valence-corrected chi connectivity index (χ4v) is 3.92. The Hall–Kier alpha value is -3.52. The Kier molecular flexibility index (Phi) is 7.14. The van der Waals surface area contributed by atoms with Crippen molar-refractivity contribution in [1.82, 2.24) is 4.98 Å². The lowest BCUT2D eigenvalue weighted by molar-refractivity contribution is -0.117. The molecule has 1 atom stereocenters. The number of carbonyl (C=O) groups excluding carboxylic acids is 1. The molecule has 1 amide bonds. The first-order valence-corrected chi connectivity index (χ1v) is 11.1. The summed E-state index contributed by atoms with van der Waals surface area (Å²) in [5.41, 5.74) is 16.2. The van der Waals surface area contributed by atoms with Gasteiger partial charge in [-0.1, -0.05) is 42.8 Å². The number of aliphatic hydroxyl groups is 1. The van der Waals surface area contributed by atoms with Crippen LogP contribution in [-0.2, 0) is 11.4 Å². The van der Waals surface area contributed by atoms with Crippen LogP contribution in [0.5, 0.6) is 0 Å². The van der Waals surface area contributed by atoms with Gasteiger partial charge in [-0.2, -0.15) is 0 Å². The van der Waals surface area contributed by atoms with E-state index in [4.69, 9.17) is 16.5 Å². The highest BCUT2D eigenvalue weighted by molar-refractivity contribution is 6.08. The fourth-order valence-electron chi connectivity index (χ4n) is 3.92. The number of amides is 1. The molecule has 0 bridgehead atoms. The number of aromatic nitrogens is 1. The van der Waals surface area contributed by atoms with E-state index >= 15 is 0 Å². The molecule has 4 aromatic rings. The summed E-state index contributed by atoms with van der Waals surface area (Å²) in [4.78, 5) is 17.3. The molecule has 0 aliphatic heterocycles. The first-order valence-electron chi connectivity index (χ1n) is 11.1. The molecule has 170 valence electrons. The number of anilines is 3. The first-order chi connectivity index (χ1) is 16.1. The largest absolute Gasteiger partial charge is 0.392 e.